The highest BCUT2D eigenvalue weighted by Gasteiger charge is 2.15. The lowest BCUT2D eigenvalue weighted by Gasteiger charge is -2.22. The van der Waals surface area contributed by atoms with Gasteiger partial charge in [0.05, 0.1) is 6.54 Å². The van der Waals surface area contributed by atoms with Crippen LogP contribution in [0.5, 0.6) is 0 Å². The van der Waals surface area contributed by atoms with E-state index in [-0.39, 0.29) is 11.3 Å². The standard InChI is InChI=1S/C15H23ClN2O/c1-5-15(3,4)10-17-9-14(19)18-13-8-12(16)7-6-11(13)2/h6-8,17H,5,9-10H2,1-4H3,(H,18,19). The molecule has 0 unspecified atom stereocenters. The summed E-state index contributed by atoms with van der Waals surface area (Å²) in [4.78, 5) is 11.8. The Kier molecular flexibility index (Phi) is 5.83. The summed E-state index contributed by atoms with van der Waals surface area (Å²) >= 11 is 5.92. The van der Waals surface area contributed by atoms with Crippen LogP contribution in [0.3, 0.4) is 0 Å². The van der Waals surface area contributed by atoms with Gasteiger partial charge in [-0.05, 0) is 36.5 Å². The van der Waals surface area contributed by atoms with Crippen molar-refractivity contribution in [2.75, 3.05) is 18.4 Å². The van der Waals surface area contributed by atoms with E-state index < -0.39 is 0 Å². The van der Waals surface area contributed by atoms with Crippen LogP contribution in [-0.4, -0.2) is 19.0 Å². The first-order valence-electron chi connectivity index (χ1n) is 6.61. The first-order chi connectivity index (χ1) is 8.84. The van der Waals surface area contributed by atoms with E-state index in [2.05, 4.69) is 31.4 Å². The lowest BCUT2D eigenvalue weighted by atomic mass is 9.90. The zero-order valence-corrected chi connectivity index (χ0v) is 12.9. The molecule has 0 aromatic heterocycles. The second-order valence-electron chi connectivity index (χ2n) is 5.63. The molecule has 1 amide bonds. The summed E-state index contributed by atoms with van der Waals surface area (Å²) in [6.45, 7) is 9.59. The monoisotopic (exact) mass is 282 g/mol. The molecule has 0 fully saturated rings. The maximum absolute atomic E-state index is 11.8. The third kappa shape index (κ3) is 5.62. The highest BCUT2D eigenvalue weighted by atomic mass is 35.5. The lowest BCUT2D eigenvalue weighted by Crippen LogP contribution is -2.35. The number of hydrogen-bond acceptors (Lipinski definition) is 2. The Bertz CT molecular complexity index is 444. The van der Waals surface area contributed by atoms with E-state index in [1.165, 1.54) is 0 Å². The van der Waals surface area contributed by atoms with Crippen molar-refractivity contribution < 1.29 is 4.79 Å². The fourth-order valence-corrected chi connectivity index (χ4v) is 1.73. The van der Waals surface area contributed by atoms with Gasteiger partial charge in [-0.3, -0.25) is 4.79 Å². The third-order valence-corrected chi connectivity index (χ3v) is 3.56. The van der Waals surface area contributed by atoms with Gasteiger partial charge in [-0.25, -0.2) is 0 Å². The third-order valence-electron chi connectivity index (χ3n) is 3.32. The Morgan fingerprint density at radius 1 is 1.37 bits per heavy atom. The Morgan fingerprint density at radius 3 is 2.68 bits per heavy atom. The highest BCUT2D eigenvalue weighted by molar-refractivity contribution is 6.31. The molecule has 1 aromatic rings. The van der Waals surface area contributed by atoms with E-state index in [0.29, 0.717) is 11.6 Å². The minimum absolute atomic E-state index is 0.0442. The molecule has 0 saturated carbocycles. The van der Waals surface area contributed by atoms with Crippen LogP contribution in [-0.2, 0) is 4.79 Å². The number of aryl methyl sites for hydroxylation is 1. The highest BCUT2D eigenvalue weighted by Crippen LogP contribution is 2.20. The number of hydrogen-bond donors (Lipinski definition) is 2. The van der Waals surface area contributed by atoms with Crippen LogP contribution in [0.15, 0.2) is 18.2 Å². The fourth-order valence-electron chi connectivity index (χ4n) is 1.56. The van der Waals surface area contributed by atoms with E-state index >= 15 is 0 Å². The van der Waals surface area contributed by atoms with Crippen molar-refractivity contribution in [3.8, 4) is 0 Å². The molecule has 0 aliphatic heterocycles. The average molecular weight is 283 g/mol. The molecule has 0 spiro atoms. The molecule has 0 bridgehead atoms. The Labute approximate surface area is 120 Å². The van der Waals surface area contributed by atoms with Crippen molar-refractivity contribution in [2.24, 2.45) is 5.41 Å². The van der Waals surface area contributed by atoms with E-state index in [9.17, 15) is 4.79 Å². The number of nitrogens with one attached hydrogen (secondary N) is 2. The summed E-state index contributed by atoms with van der Waals surface area (Å²) < 4.78 is 0. The summed E-state index contributed by atoms with van der Waals surface area (Å²) in [7, 11) is 0. The molecule has 0 saturated heterocycles. The molecule has 0 aliphatic carbocycles. The number of carbonyl (C=O) groups excluding carboxylic acids is 1. The molecule has 3 nitrogen and oxygen atoms in total. The van der Waals surface area contributed by atoms with E-state index in [4.69, 9.17) is 11.6 Å². The van der Waals surface area contributed by atoms with Gasteiger partial charge in [0.1, 0.15) is 0 Å². The van der Waals surface area contributed by atoms with Crippen molar-refractivity contribution in [3.63, 3.8) is 0 Å². The molecule has 1 aromatic carbocycles. The quantitative estimate of drug-likeness (QED) is 0.837. The van der Waals surface area contributed by atoms with Gasteiger partial charge in [0.2, 0.25) is 5.91 Å². The average Bonchev–Trinajstić information content (AvgIpc) is 2.33. The molecule has 1 rings (SSSR count). The topological polar surface area (TPSA) is 41.1 Å². The molecule has 0 heterocycles. The van der Waals surface area contributed by atoms with Gasteiger partial charge >= 0.3 is 0 Å². The smallest absolute Gasteiger partial charge is 0.238 e. The number of anilines is 1. The normalized spacial score (nSPS) is 11.4. The second-order valence-corrected chi connectivity index (χ2v) is 6.07. The summed E-state index contributed by atoms with van der Waals surface area (Å²) in [6.07, 6.45) is 1.08. The Balaban J connectivity index is 2.45. The minimum Gasteiger partial charge on any atom is -0.325 e. The molecule has 0 radical (unpaired) electrons. The van der Waals surface area contributed by atoms with E-state index in [1.54, 1.807) is 6.07 Å². The molecular weight excluding hydrogens is 260 g/mol. The van der Waals surface area contributed by atoms with E-state index in [0.717, 1.165) is 24.2 Å². The molecule has 4 heteroatoms. The van der Waals surface area contributed by atoms with Gasteiger partial charge in [0.15, 0.2) is 0 Å². The van der Waals surface area contributed by atoms with Crippen LogP contribution < -0.4 is 10.6 Å². The maximum Gasteiger partial charge on any atom is 0.238 e. The summed E-state index contributed by atoms with van der Waals surface area (Å²) in [5, 5.41) is 6.68. The van der Waals surface area contributed by atoms with Gasteiger partial charge in [-0.2, -0.15) is 0 Å². The number of rotatable bonds is 6. The van der Waals surface area contributed by atoms with Gasteiger partial charge in [0.25, 0.3) is 0 Å². The Morgan fingerprint density at radius 2 is 2.05 bits per heavy atom. The molecule has 106 valence electrons. The number of benzene rings is 1. The second kappa shape index (κ2) is 6.92. The van der Waals surface area contributed by atoms with Crippen LogP contribution in [0.4, 0.5) is 5.69 Å². The number of carbonyl (C=O) groups is 1. The van der Waals surface area contributed by atoms with Crippen molar-refractivity contribution in [1.82, 2.24) is 5.32 Å². The van der Waals surface area contributed by atoms with Crippen molar-refractivity contribution in [3.05, 3.63) is 28.8 Å². The summed E-state index contributed by atoms with van der Waals surface area (Å²) in [6, 6.07) is 5.48. The lowest BCUT2D eigenvalue weighted by molar-refractivity contribution is -0.115. The molecule has 2 N–H and O–H groups in total. The van der Waals surface area contributed by atoms with Crippen molar-refractivity contribution in [2.45, 2.75) is 34.1 Å². The van der Waals surface area contributed by atoms with Crippen LogP contribution >= 0.6 is 11.6 Å². The summed E-state index contributed by atoms with van der Waals surface area (Å²) in [5.41, 5.74) is 1.99. The minimum atomic E-state index is -0.0442. The first-order valence-corrected chi connectivity index (χ1v) is 6.98. The van der Waals surface area contributed by atoms with Crippen LogP contribution in [0.2, 0.25) is 5.02 Å². The van der Waals surface area contributed by atoms with Gasteiger partial charge in [0, 0.05) is 17.3 Å². The van der Waals surface area contributed by atoms with Gasteiger partial charge < -0.3 is 10.6 Å². The van der Waals surface area contributed by atoms with Crippen LogP contribution in [0, 0.1) is 12.3 Å². The zero-order chi connectivity index (χ0) is 14.5. The zero-order valence-electron chi connectivity index (χ0n) is 12.1. The SMILES string of the molecule is CCC(C)(C)CNCC(=O)Nc1cc(Cl)ccc1C. The van der Waals surface area contributed by atoms with Crippen LogP contribution in [0.25, 0.3) is 0 Å². The maximum atomic E-state index is 11.8. The molecule has 0 aliphatic rings. The first kappa shape index (κ1) is 16.0. The molecular formula is C15H23ClN2O. The van der Waals surface area contributed by atoms with Gasteiger partial charge in [-0.15, -0.1) is 0 Å². The predicted molar refractivity (Wildman–Crippen MR) is 81.8 cm³/mol. The number of amides is 1. The van der Waals surface area contributed by atoms with Crippen molar-refractivity contribution >= 4 is 23.2 Å². The Hall–Kier alpha value is -1.06. The summed E-state index contributed by atoms with van der Waals surface area (Å²) in [5.74, 6) is -0.0442. The van der Waals surface area contributed by atoms with E-state index in [1.807, 2.05) is 19.1 Å². The predicted octanol–water partition coefficient (Wildman–Crippen LogP) is 3.61. The fraction of sp³-hybridized carbons (Fsp3) is 0.533. The molecule has 19 heavy (non-hydrogen) atoms. The number of halogens is 1. The van der Waals surface area contributed by atoms with Crippen LogP contribution in [0.1, 0.15) is 32.8 Å². The molecule has 0 atom stereocenters. The van der Waals surface area contributed by atoms with Crippen molar-refractivity contribution in [1.29, 1.82) is 0 Å². The van der Waals surface area contributed by atoms with Gasteiger partial charge in [-0.1, -0.05) is 38.4 Å². The largest absolute Gasteiger partial charge is 0.325 e.